The van der Waals surface area contributed by atoms with Crippen LogP contribution in [-0.2, 0) is 4.74 Å². The fourth-order valence-electron chi connectivity index (χ4n) is 0.893. The minimum absolute atomic E-state index is 0.311. The molecule has 0 aromatic rings. The van der Waals surface area contributed by atoms with Gasteiger partial charge in [0.05, 0.1) is 12.2 Å². The molecule has 0 aromatic heterocycles. The first kappa shape index (κ1) is 12.8. The molecule has 0 fully saturated rings. The van der Waals surface area contributed by atoms with Crippen LogP contribution in [0.25, 0.3) is 0 Å². The number of likely N-dealkylation sites (N-methyl/N-ethyl adjacent to an activating group) is 1. The highest BCUT2D eigenvalue weighted by Gasteiger charge is 2.17. The van der Waals surface area contributed by atoms with Crippen LogP contribution in [0.3, 0.4) is 0 Å². The fraction of sp³-hybridized carbons (Fsp3) is 1.00. The van der Waals surface area contributed by atoms with Crippen LogP contribution in [0.4, 0.5) is 0 Å². The summed E-state index contributed by atoms with van der Waals surface area (Å²) in [5.41, 5.74) is 4.66. The molecule has 3 N–H and O–H groups in total. The van der Waals surface area contributed by atoms with Gasteiger partial charge in [-0.3, -0.25) is 0 Å². The number of aliphatic hydroxyl groups is 1. The summed E-state index contributed by atoms with van der Waals surface area (Å²) in [4.78, 5) is 2.12. The van der Waals surface area contributed by atoms with Crippen LogP contribution < -0.4 is 5.73 Å². The molecule has 4 heteroatoms. The summed E-state index contributed by atoms with van der Waals surface area (Å²) < 4.78 is 4.94. The van der Waals surface area contributed by atoms with Crippen LogP contribution in [0.5, 0.6) is 0 Å². The van der Waals surface area contributed by atoms with Gasteiger partial charge in [-0.05, 0) is 20.4 Å². The number of ether oxygens (including phenoxy) is 1. The van der Waals surface area contributed by atoms with Crippen molar-refractivity contribution in [3.63, 3.8) is 0 Å². The van der Waals surface area contributed by atoms with Crippen LogP contribution in [0.1, 0.15) is 13.3 Å². The molecule has 0 saturated heterocycles. The molecule has 13 heavy (non-hydrogen) atoms. The third-order valence-electron chi connectivity index (χ3n) is 2.15. The van der Waals surface area contributed by atoms with E-state index in [9.17, 15) is 5.11 Å². The number of hydrogen-bond acceptors (Lipinski definition) is 4. The van der Waals surface area contributed by atoms with Crippen molar-refractivity contribution in [3.8, 4) is 0 Å². The summed E-state index contributed by atoms with van der Waals surface area (Å²) in [7, 11) is 3.69. The summed E-state index contributed by atoms with van der Waals surface area (Å²) in [5.74, 6) is 0. The summed E-state index contributed by atoms with van der Waals surface area (Å²) in [6.45, 7) is 4.52. The average molecular weight is 190 g/mol. The number of nitrogens with two attached hydrogens (primary N) is 1. The fourth-order valence-corrected chi connectivity index (χ4v) is 0.893. The topological polar surface area (TPSA) is 58.7 Å². The Morgan fingerprint density at radius 2 is 2.08 bits per heavy atom. The van der Waals surface area contributed by atoms with E-state index in [-0.39, 0.29) is 0 Å². The van der Waals surface area contributed by atoms with Crippen LogP contribution in [-0.4, -0.2) is 56.0 Å². The molecule has 0 spiro atoms. The highest BCUT2D eigenvalue weighted by molar-refractivity contribution is 4.74. The lowest BCUT2D eigenvalue weighted by Gasteiger charge is -2.24. The van der Waals surface area contributed by atoms with Gasteiger partial charge in [0.2, 0.25) is 0 Å². The molecule has 0 aliphatic heterocycles. The molecule has 0 radical (unpaired) electrons. The molecule has 0 aliphatic carbocycles. The van der Waals surface area contributed by atoms with E-state index < -0.39 is 5.60 Å². The standard InChI is InChI=1S/C9H22N2O2/c1-9(12,8-10)4-5-11(2)6-7-13-3/h12H,4-8,10H2,1-3H3. The summed E-state index contributed by atoms with van der Waals surface area (Å²) in [6, 6.07) is 0. The predicted octanol–water partition coefficient (Wildman–Crippen LogP) is -0.336. The van der Waals surface area contributed by atoms with Crippen molar-refractivity contribution < 1.29 is 9.84 Å². The van der Waals surface area contributed by atoms with Crippen molar-refractivity contribution >= 4 is 0 Å². The third-order valence-corrected chi connectivity index (χ3v) is 2.15. The SMILES string of the molecule is COCCN(C)CCC(C)(O)CN. The first-order chi connectivity index (χ1) is 6.02. The molecule has 0 aromatic carbocycles. The van der Waals surface area contributed by atoms with E-state index in [1.54, 1.807) is 14.0 Å². The first-order valence-electron chi connectivity index (χ1n) is 4.62. The summed E-state index contributed by atoms with van der Waals surface area (Å²) in [5, 5.41) is 9.61. The Bertz CT molecular complexity index is 129. The Morgan fingerprint density at radius 1 is 1.46 bits per heavy atom. The molecule has 0 bridgehead atoms. The van der Waals surface area contributed by atoms with Crippen molar-refractivity contribution in [2.45, 2.75) is 18.9 Å². The molecule has 80 valence electrons. The zero-order valence-corrected chi connectivity index (χ0v) is 8.92. The number of hydrogen-bond donors (Lipinski definition) is 2. The van der Waals surface area contributed by atoms with Gasteiger partial charge in [-0.15, -0.1) is 0 Å². The quantitative estimate of drug-likeness (QED) is 0.577. The van der Waals surface area contributed by atoms with Gasteiger partial charge < -0.3 is 20.5 Å². The Morgan fingerprint density at radius 3 is 2.54 bits per heavy atom. The van der Waals surface area contributed by atoms with Gasteiger partial charge >= 0.3 is 0 Å². The molecule has 0 aliphatic rings. The van der Waals surface area contributed by atoms with Crippen molar-refractivity contribution in [1.82, 2.24) is 4.90 Å². The van der Waals surface area contributed by atoms with E-state index >= 15 is 0 Å². The summed E-state index contributed by atoms with van der Waals surface area (Å²) >= 11 is 0. The largest absolute Gasteiger partial charge is 0.389 e. The molecule has 4 nitrogen and oxygen atoms in total. The minimum atomic E-state index is -0.735. The van der Waals surface area contributed by atoms with Gasteiger partial charge in [-0.1, -0.05) is 0 Å². The molecule has 0 amide bonds. The minimum Gasteiger partial charge on any atom is -0.389 e. The molecule has 1 unspecified atom stereocenters. The molecule has 0 heterocycles. The first-order valence-corrected chi connectivity index (χ1v) is 4.62. The van der Waals surface area contributed by atoms with Crippen molar-refractivity contribution in [2.75, 3.05) is 40.4 Å². The lowest BCUT2D eigenvalue weighted by molar-refractivity contribution is 0.0475. The van der Waals surface area contributed by atoms with Gasteiger partial charge in [0, 0.05) is 26.7 Å². The Balaban J connectivity index is 3.51. The molecule has 1 atom stereocenters. The van der Waals surface area contributed by atoms with Gasteiger partial charge in [0.25, 0.3) is 0 Å². The number of nitrogens with zero attached hydrogens (tertiary/aromatic N) is 1. The molecular formula is C9H22N2O2. The van der Waals surface area contributed by atoms with Crippen molar-refractivity contribution in [3.05, 3.63) is 0 Å². The average Bonchev–Trinajstić information content (AvgIpc) is 2.11. The second kappa shape index (κ2) is 6.32. The maximum atomic E-state index is 9.61. The van der Waals surface area contributed by atoms with Crippen molar-refractivity contribution in [1.29, 1.82) is 0 Å². The predicted molar refractivity (Wildman–Crippen MR) is 53.7 cm³/mol. The van der Waals surface area contributed by atoms with E-state index in [1.807, 2.05) is 7.05 Å². The maximum Gasteiger partial charge on any atom is 0.0753 e. The maximum absolute atomic E-state index is 9.61. The van der Waals surface area contributed by atoms with Gasteiger partial charge in [-0.2, -0.15) is 0 Å². The monoisotopic (exact) mass is 190 g/mol. The Kier molecular flexibility index (Phi) is 6.24. The smallest absolute Gasteiger partial charge is 0.0753 e. The van der Waals surface area contributed by atoms with Crippen LogP contribution in [0.2, 0.25) is 0 Å². The van der Waals surface area contributed by atoms with E-state index in [1.165, 1.54) is 0 Å². The van der Waals surface area contributed by atoms with Gasteiger partial charge in [0.1, 0.15) is 0 Å². The molecule has 0 rings (SSSR count). The molecular weight excluding hydrogens is 168 g/mol. The number of rotatable bonds is 7. The lowest BCUT2D eigenvalue weighted by atomic mass is 10.0. The van der Waals surface area contributed by atoms with E-state index in [0.717, 1.165) is 19.7 Å². The second-order valence-corrected chi connectivity index (χ2v) is 3.75. The summed E-state index contributed by atoms with van der Waals surface area (Å²) in [6.07, 6.45) is 0.698. The second-order valence-electron chi connectivity index (χ2n) is 3.75. The van der Waals surface area contributed by atoms with Crippen LogP contribution in [0, 0.1) is 0 Å². The Hall–Kier alpha value is -0.160. The Labute approximate surface area is 80.7 Å². The van der Waals surface area contributed by atoms with Crippen LogP contribution >= 0.6 is 0 Å². The van der Waals surface area contributed by atoms with E-state index in [4.69, 9.17) is 10.5 Å². The number of methoxy groups -OCH3 is 1. The van der Waals surface area contributed by atoms with Crippen molar-refractivity contribution in [2.24, 2.45) is 5.73 Å². The van der Waals surface area contributed by atoms with Gasteiger partial charge in [0.15, 0.2) is 0 Å². The highest BCUT2D eigenvalue weighted by atomic mass is 16.5. The van der Waals surface area contributed by atoms with E-state index in [0.29, 0.717) is 13.0 Å². The lowest BCUT2D eigenvalue weighted by Crippen LogP contribution is -2.38. The van der Waals surface area contributed by atoms with Crippen LogP contribution in [0.15, 0.2) is 0 Å². The third kappa shape index (κ3) is 6.95. The highest BCUT2D eigenvalue weighted by Crippen LogP contribution is 2.06. The zero-order chi connectivity index (χ0) is 10.3. The normalized spacial score (nSPS) is 16.2. The van der Waals surface area contributed by atoms with E-state index in [2.05, 4.69) is 4.90 Å². The zero-order valence-electron chi connectivity index (χ0n) is 8.92. The molecule has 0 saturated carbocycles. The van der Waals surface area contributed by atoms with Gasteiger partial charge in [-0.25, -0.2) is 0 Å².